The van der Waals surface area contributed by atoms with E-state index in [4.69, 9.17) is 15.2 Å². The van der Waals surface area contributed by atoms with Crippen LogP contribution in [0.25, 0.3) is 27.5 Å². The van der Waals surface area contributed by atoms with Gasteiger partial charge >= 0.3 is 0 Å². The molecule has 0 N–H and O–H groups in total. The van der Waals surface area contributed by atoms with Crippen molar-refractivity contribution in [3.05, 3.63) is 125 Å². The van der Waals surface area contributed by atoms with Crippen LogP contribution in [-0.4, -0.2) is 32.2 Å². The summed E-state index contributed by atoms with van der Waals surface area (Å²) in [5.41, 5.74) is 9.83. The Labute approximate surface area is 283 Å². The molecule has 5 aromatic rings. The van der Waals surface area contributed by atoms with Crippen LogP contribution in [0.15, 0.2) is 90.1 Å². The van der Waals surface area contributed by atoms with E-state index in [9.17, 15) is 4.39 Å². The van der Waals surface area contributed by atoms with Gasteiger partial charge in [-0.15, -0.1) is 0 Å². The third kappa shape index (κ3) is 7.78. The van der Waals surface area contributed by atoms with Gasteiger partial charge in [0, 0.05) is 43.0 Å². The van der Waals surface area contributed by atoms with Crippen molar-refractivity contribution in [3.63, 3.8) is 0 Å². The molecule has 0 amide bonds. The Bertz CT molecular complexity index is 2090. The number of pyridine rings is 1. The third-order valence-electron chi connectivity index (χ3n) is 8.92. The number of imidazole rings is 1. The zero-order valence-corrected chi connectivity index (χ0v) is 28.4. The fourth-order valence-electron chi connectivity index (χ4n) is 6.38. The van der Waals surface area contributed by atoms with Crippen LogP contribution >= 0.6 is 0 Å². The van der Waals surface area contributed by atoms with Crippen LogP contribution in [0.3, 0.4) is 0 Å². The lowest BCUT2D eigenvalue weighted by Crippen LogP contribution is -2.24. The Hall–Kier alpha value is -4.93. The number of aromatic nitrogens is 3. The summed E-state index contributed by atoms with van der Waals surface area (Å²) in [4.78, 5) is 16.9. The number of benzene rings is 3. The van der Waals surface area contributed by atoms with Crippen molar-refractivity contribution < 1.29 is 4.39 Å². The third-order valence-corrected chi connectivity index (χ3v) is 8.92. The van der Waals surface area contributed by atoms with Gasteiger partial charge in [0.05, 0.1) is 34.7 Å². The standard InChI is InChI=1S/C41H43FN6/c1-6-47(25-30-8-10-33-12-15-35(45-38(33)20-30)14-11-32-9-7-29(23-43)19-36(32)42)27-40-46-37-16-13-34(28(2)22-41(3,4)5)21-39(37)48(40)26-31-17-18-44-24-31/h7-10,12-13,15-16,18-21,24H,2,6,11,14,17,22,25-27H2,1,3-5H3. The number of allylic oxidation sites excluding steroid dienone is 2. The first-order valence-electron chi connectivity index (χ1n) is 16.7. The highest BCUT2D eigenvalue weighted by Crippen LogP contribution is 2.31. The van der Waals surface area contributed by atoms with Crippen LogP contribution < -0.4 is 0 Å². The second-order valence-corrected chi connectivity index (χ2v) is 14.0. The summed E-state index contributed by atoms with van der Waals surface area (Å²) in [7, 11) is 0. The number of hydrogen-bond donors (Lipinski definition) is 0. The number of rotatable bonds is 12. The van der Waals surface area contributed by atoms with E-state index in [0.717, 1.165) is 71.5 Å². The first kappa shape index (κ1) is 33.0. The molecule has 3 heterocycles. The predicted octanol–water partition coefficient (Wildman–Crippen LogP) is 9.21. The minimum Gasteiger partial charge on any atom is -0.323 e. The molecule has 0 radical (unpaired) electrons. The molecule has 48 heavy (non-hydrogen) atoms. The summed E-state index contributed by atoms with van der Waals surface area (Å²) < 4.78 is 16.8. The van der Waals surface area contributed by atoms with Gasteiger partial charge in [0.1, 0.15) is 11.6 Å². The van der Waals surface area contributed by atoms with Gasteiger partial charge in [-0.25, -0.2) is 9.37 Å². The number of aliphatic imine (C=N–C) groups is 1. The molecule has 0 atom stereocenters. The van der Waals surface area contributed by atoms with Crippen molar-refractivity contribution in [2.24, 2.45) is 10.4 Å². The van der Waals surface area contributed by atoms with Gasteiger partial charge in [-0.05, 0) is 95.5 Å². The van der Waals surface area contributed by atoms with E-state index >= 15 is 0 Å². The molecule has 0 unspecified atom stereocenters. The molecule has 1 aliphatic rings. The van der Waals surface area contributed by atoms with E-state index in [2.05, 4.69) is 91.2 Å². The Morgan fingerprint density at radius 3 is 2.54 bits per heavy atom. The quantitative estimate of drug-likeness (QED) is 0.137. The molecule has 6 rings (SSSR count). The molecule has 244 valence electrons. The van der Waals surface area contributed by atoms with Crippen LogP contribution in [0.4, 0.5) is 4.39 Å². The zero-order chi connectivity index (χ0) is 33.8. The van der Waals surface area contributed by atoms with E-state index in [0.29, 0.717) is 30.5 Å². The lowest BCUT2D eigenvalue weighted by molar-refractivity contribution is 0.261. The van der Waals surface area contributed by atoms with Crippen molar-refractivity contribution in [3.8, 4) is 6.07 Å². The summed E-state index contributed by atoms with van der Waals surface area (Å²) in [6.07, 6.45) is 6.88. The molecule has 6 nitrogen and oxygen atoms in total. The van der Waals surface area contributed by atoms with Gasteiger partial charge in [-0.2, -0.15) is 5.26 Å². The van der Waals surface area contributed by atoms with E-state index < -0.39 is 0 Å². The maximum atomic E-state index is 14.5. The SMILES string of the molecule is C=C(CC(C)(C)C)c1ccc2nc(CN(CC)Cc3ccc4ccc(CCc5ccc(C#N)cc5F)nc4c3)n(CC3=CN=CC3)c2c1. The molecule has 3 aromatic carbocycles. The molecule has 0 saturated carbocycles. The normalized spacial score (nSPS) is 13.1. The minimum absolute atomic E-state index is 0.163. The van der Waals surface area contributed by atoms with Gasteiger partial charge in [-0.1, -0.05) is 64.6 Å². The lowest BCUT2D eigenvalue weighted by atomic mass is 9.86. The summed E-state index contributed by atoms with van der Waals surface area (Å²) in [5, 5.41) is 10.1. The van der Waals surface area contributed by atoms with Gasteiger partial charge in [0.15, 0.2) is 0 Å². The molecule has 0 fully saturated rings. The van der Waals surface area contributed by atoms with Crippen LogP contribution in [0.1, 0.15) is 74.3 Å². The summed E-state index contributed by atoms with van der Waals surface area (Å²) in [6.45, 7) is 16.4. The number of halogens is 1. The van der Waals surface area contributed by atoms with Crippen molar-refractivity contribution in [1.82, 2.24) is 19.4 Å². The Balaban J connectivity index is 1.22. The molecule has 0 bridgehead atoms. The fourth-order valence-corrected chi connectivity index (χ4v) is 6.38. The molecule has 0 spiro atoms. The van der Waals surface area contributed by atoms with Gasteiger partial charge < -0.3 is 4.57 Å². The Morgan fingerprint density at radius 2 is 1.81 bits per heavy atom. The summed E-state index contributed by atoms with van der Waals surface area (Å²) >= 11 is 0. The van der Waals surface area contributed by atoms with E-state index in [1.54, 1.807) is 12.1 Å². The minimum atomic E-state index is -0.343. The molecule has 7 heteroatoms. The van der Waals surface area contributed by atoms with Crippen LogP contribution in [0.2, 0.25) is 0 Å². The molecule has 0 aliphatic carbocycles. The molecular formula is C41H43FN6. The topological polar surface area (TPSA) is 70.1 Å². The van der Waals surface area contributed by atoms with Crippen molar-refractivity contribution >= 4 is 33.7 Å². The largest absolute Gasteiger partial charge is 0.323 e. The van der Waals surface area contributed by atoms with Crippen LogP contribution in [0, 0.1) is 22.6 Å². The number of fused-ring (bicyclic) bond motifs is 2. The lowest BCUT2D eigenvalue weighted by Gasteiger charge is -2.21. The van der Waals surface area contributed by atoms with Crippen molar-refractivity contribution in [1.29, 1.82) is 5.26 Å². The van der Waals surface area contributed by atoms with Crippen molar-refractivity contribution in [2.75, 3.05) is 6.54 Å². The van der Waals surface area contributed by atoms with Gasteiger partial charge in [-0.3, -0.25) is 14.9 Å². The van der Waals surface area contributed by atoms with E-state index in [1.807, 2.05) is 24.6 Å². The number of aryl methyl sites for hydroxylation is 2. The number of nitrogens with zero attached hydrogens (tertiary/aromatic N) is 6. The maximum Gasteiger partial charge on any atom is 0.127 e. The average Bonchev–Trinajstić information content (AvgIpc) is 3.70. The monoisotopic (exact) mass is 638 g/mol. The predicted molar refractivity (Wildman–Crippen MR) is 194 cm³/mol. The van der Waals surface area contributed by atoms with Crippen LogP contribution in [0.5, 0.6) is 0 Å². The van der Waals surface area contributed by atoms with Crippen LogP contribution in [-0.2, 0) is 32.5 Å². The zero-order valence-electron chi connectivity index (χ0n) is 28.4. The highest BCUT2D eigenvalue weighted by Gasteiger charge is 2.19. The fraction of sp³-hybridized carbons (Fsp3) is 0.317. The second kappa shape index (κ2) is 14.0. The molecular weight excluding hydrogens is 595 g/mol. The van der Waals surface area contributed by atoms with Crippen molar-refractivity contribution in [2.45, 2.75) is 73.0 Å². The molecule has 2 aromatic heterocycles. The Kier molecular flexibility index (Phi) is 9.66. The highest BCUT2D eigenvalue weighted by atomic mass is 19.1. The van der Waals surface area contributed by atoms with E-state index in [1.165, 1.54) is 22.8 Å². The summed E-state index contributed by atoms with van der Waals surface area (Å²) in [5.74, 6) is 0.694. The van der Waals surface area contributed by atoms with Gasteiger partial charge in [0.2, 0.25) is 0 Å². The highest BCUT2D eigenvalue weighted by molar-refractivity contribution is 5.82. The first-order valence-corrected chi connectivity index (χ1v) is 16.7. The Morgan fingerprint density at radius 1 is 0.979 bits per heavy atom. The summed E-state index contributed by atoms with van der Waals surface area (Å²) in [6, 6.07) is 23.8. The second-order valence-electron chi connectivity index (χ2n) is 14.0. The first-order chi connectivity index (χ1) is 23.1. The average molecular weight is 639 g/mol. The smallest absolute Gasteiger partial charge is 0.127 e. The van der Waals surface area contributed by atoms with Gasteiger partial charge in [0.25, 0.3) is 0 Å². The van der Waals surface area contributed by atoms with E-state index in [-0.39, 0.29) is 11.2 Å². The molecule has 0 saturated heterocycles. The molecule has 1 aliphatic heterocycles. The number of hydrogen-bond acceptors (Lipinski definition) is 5. The maximum absolute atomic E-state index is 14.5. The number of nitriles is 1.